The Balaban J connectivity index is 1.65. The van der Waals surface area contributed by atoms with Gasteiger partial charge in [-0.3, -0.25) is 9.97 Å². The molecule has 150 valence electrons. The molecule has 0 aliphatic carbocycles. The molecule has 32 heavy (non-hydrogen) atoms. The fourth-order valence-electron chi connectivity index (χ4n) is 4.75. The normalized spacial score (nSPS) is 11.8. The Hall–Kier alpha value is -4.02. The van der Waals surface area contributed by atoms with Gasteiger partial charge in [-0.1, -0.05) is 36.4 Å². The highest BCUT2D eigenvalue weighted by Gasteiger charge is 2.18. The van der Waals surface area contributed by atoms with Crippen molar-refractivity contribution < 1.29 is 0 Å². The Morgan fingerprint density at radius 3 is 2.53 bits per heavy atom. The van der Waals surface area contributed by atoms with E-state index in [2.05, 4.69) is 82.3 Å². The molecule has 3 aromatic carbocycles. The molecule has 4 aromatic heterocycles. The first kappa shape index (κ1) is 17.6. The summed E-state index contributed by atoms with van der Waals surface area (Å²) in [5, 5.41) is 3.78. The molecule has 0 fully saturated rings. The first-order chi connectivity index (χ1) is 15.9. The van der Waals surface area contributed by atoms with E-state index < -0.39 is 0 Å². The third-order valence-electron chi connectivity index (χ3n) is 6.12. The molecule has 4 heterocycles. The Bertz CT molecular complexity index is 1780. The van der Waals surface area contributed by atoms with E-state index in [0.29, 0.717) is 0 Å². The molecule has 0 unspecified atom stereocenters. The number of nitrogens with zero attached hydrogens (tertiary/aromatic N) is 3. The van der Waals surface area contributed by atoms with E-state index in [4.69, 9.17) is 4.98 Å². The van der Waals surface area contributed by atoms with Gasteiger partial charge in [-0.05, 0) is 54.1 Å². The van der Waals surface area contributed by atoms with Gasteiger partial charge in [0, 0.05) is 55.4 Å². The first-order valence-electron chi connectivity index (χ1n) is 10.6. The molecule has 0 N–H and O–H groups in total. The lowest BCUT2D eigenvalue weighted by Gasteiger charge is -2.11. The molecule has 0 atom stereocenters. The van der Waals surface area contributed by atoms with Gasteiger partial charge in [0.2, 0.25) is 0 Å². The minimum atomic E-state index is 1.03. The third kappa shape index (κ3) is 2.47. The average molecular weight is 428 g/mol. The molecule has 7 rings (SSSR count). The fourth-order valence-corrected chi connectivity index (χ4v) is 5.86. The quantitative estimate of drug-likeness (QED) is 0.284. The van der Waals surface area contributed by atoms with Crippen LogP contribution in [-0.4, -0.2) is 14.5 Å². The van der Waals surface area contributed by atoms with Gasteiger partial charge in [0.05, 0.1) is 16.6 Å². The van der Waals surface area contributed by atoms with Gasteiger partial charge in [0.15, 0.2) is 0 Å². The summed E-state index contributed by atoms with van der Waals surface area (Å²) in [6, 6.07) is 30.1. The van der Waals surface area contributed by atoms with Gasteiger partial charge in [0.1, 0.15) is 0 Å². The molecule has 0 saturated heterocycles. The maximum Gasteiger partial charge on any atom is 0.0963 e. The predicted octanol–water partition coefficient (Wildman–Crippen LogP) is 7.61. The van der Waals surface area contributed by atoms with Gasteiger partial charge in [-0.2, -0.15) is 0 Å². The van der Waals surface area contributed by atoms with Gasteiger partial charge in [-0.25, -0.2) is 0 Å². The lowest BCUT2D eigenvalue weighted by Crippen LogP contribution is -1.95. The van der Waals surface area contributed by atoms with Crippen molar-refractivity contribution in [2.75, 3.05) is 0 Å². The van der Waals surface area contributed by atoms with Crippen molar-refractivity contribution in [3.05, 3.63) is 104 Å². The van der Waals surface area contributed by atoms with Crippen molar-refractivity contribution in [1.29, 1.82) is 0 Å². The number of fused-ring (bicyclic) bond motifs is 7. The minimum Gasteiger partial charge on any atom is -0.307 e. The molecular weight excluding hydrogens is 410 g/mol. The SMILES string of the molecule is c1cncc(-c2cccc(-n3c4cccnc4c4ccc5sc6ccccc6c5c43)c2)c1. The summed E-state index contributed by atoms with van der Waals surface area (Å²) in [5.74, 6) is 0. The largest absolute Gasteiger partial charge is 0.307 e. The summed E-state index contributed by atoms with van der Waals surface area (Å²) in [7, 11) is 0. The molecule has 0 bridgehead atoms. The van der Waals surface area contributed by atoms with E-state index in [1.807, 2.05) is 42.1 Å². The number of hydrogen-bond acceptors (Lipinski definition) is 3. The number of thiophene rings is 1. The van der Waals surface area contributed by atoms with E-state index in [1.54, 1.807) is 0 Å². The molecule has 0 radical (unpaired) electrons. The highest BCUT2D eigenvalue weighted by Crippen LogP contribution is 2.42. The number of pyridine rings is 2. The number of aromatic nitrogens is 3. The molecule has 0 aliphatic heterocycles. The van der Waals surface area contributed by atoms with Gasteiger partial charge >= 0.3 is 0 Å². The molecular formula is C28H17N3S. The van der Waals surface area contributed by atoms with Crippen LogP contribution in [0.3, 0.4) is 0 Å². The van der Waals surface area contributed by atoms with E-state index in [1.165, 1.54) is 31.1 Å². The second-order valence-electron chi connectivity index (χ2n) is 7.93. The molecule has 7 aromatic rings. The van der Waals surface area contributed by atoms with Crippen LogP contribution in [0.1, 0.15) is 0 Å². The van der Waals surface area contributed by atoms with Crippen LogP contribution < -0.4 is 0 Å². The summed E-state index contributed by atoms with van der Waals surface area (Å²) >= 11 is 1.85. The Labute approximate surface area is 188 Å². The van der Waals surface area contributed by atoms with E-state index in [-0.39, 0.29) is 0 Å². The first-order valence-corrected chi connectivity index (χ1v) is 11.4. The fraction of sp³-hybridized carbons (Fsp3) is 0. The molecule has 4 heteroatoms. The zero-order chi connectivity index (χ0) is 21.1. The highest BCUT2D eigenvalue weighted by atomic mass is 32.1. The smallest absolute Gasteiger partial charge is 0.0963 e. The van der Waals surface area contributed by atoms with E-state index in [9.17, 15) is 0 Å². The second kappa shape index (κ2) is 6.74. The lowest BCUT2D eigenvalue weighted by atomic mass is 10.1. The molecule has 0 aliphatic rings. The number of rotatable bonds is 2. The lowest BCUT2D eigenvalue weighted by molar-refractivity contribution is 1.18. The van der Waals surface area contributed by atoms with Crippen molar-refractivity contribution >= 4 is 53.4 Å². The van der Waals surface area contributed by atoms with Crippen LogP contribution in [0.2, 0.25) is 0 Å². The van der Waals surface area contributed by atoms with Gasteiger partial charge in [-0.15, -0.1) is 11.3 Å². The maximum atomic E-state index is 4.78. The third-order valence-corrected chi connectivity index (χ3v) is 7.26. The van der Waals surface area contributed by atoms with Crippen LogP contribution in [-0.2, 0) is 0 Å². The van der Waals surface area contributed by atoms with E-state index >= 15 is 0 Å². The summed E-state index contributed by atoms with van der Waals surface area (Å²) in [6.07, 6.45) is 5.61. The zero-order valence-corrected chi connectivity index (χ0v) is 17.9. The monoisotopic (exact) mass is 427 g/mol. The standard InChI is InChI=1S/C28H17N3S/c1-2-11-24-21(9-1)26-25(32-24)13-12-22-27-23(10-5-15-30-27)31(28(22)26)20-8-3-6-18(16-20)19-7-4-14-29-17-19/h1-17H. The Kier molecular flexibility index (Phi) is 3.72. The molecule has 0 amide bonds. The van der Waals surface area contributed by atoms with Gasteiger partial charge in [0.25, 0.3) is 0 Å². The highest BCUT2D eigenvalue weighted by molar-refractivity contribution is 7.26. The van der Waals surface area contributed by atoms with Crippen LogP contribution in [0, 0.1) is 0 Å². The van der Waals surface area contributed by atoms with Gasteiger partial charge < -0.3 is 4.57 Å². The number of hydrogen-bond donors (Lipinski definition) is 0. The van der Waals surface area contributed by atoms with Crippen molar-refractivity contribution in [3.8, 4) is 16.8 Å². The molecule has 0 saturated carbocycles. The van der Waals surface area contributed by atoms with Crippen LogP contribution in [0.5, 0.6) is 0 Å². The summed E-state index contributed by atoms with van der Waals surface area (Å²) in [4.78, 5) is 9.09. The Morgan fingerprint density at radius 1 is 0.688 bits per heavy atom. The summed E-state index contributed by atoms with van der Waals surface area (Å²) in [5.41, 5.74) is 6.76. The second-order valence-corrected chi connectivity index (χ2v) is 9.02. The topological polar surface area (TPSA) is 30.7 Å². The minimum absolute atomic E-state index is 1.03. The Morgan fingerprint density at radius 2 is 1.59 bits per heavy atom. The molecule has 3 nitrogen and oxygen atoms in total. The van der Waals surface area contributed by atoms with Crippen molar-refractivity contribution in [3.63, 3.8) is 0 Å². The predicted molar refractivity (Wildman–Crippen MR) is 135 cm³/mol. The van der Waals surface area contributed by atoms with E-state index in [0.717, 1.165) is 27.8 Å². The summed E-state index contributed by atoms with van der Waals surface area (Å²) in [6.45, 7) is 0. The number of benzene rings is 3. The van der Waals surface area contributed by atoms with Crippen molar-refractivity contribution in [1.82, 2.24) is 14.5 Å². The van der Waals surface area contributed by atoms with Crippen molar-refractivity contribution in [2.45, 2.75) is 0 Å². The van der Waals surface area contributed by atoms with Crippen LogP contribution in [0.4, 0.5) is 0 Å². The van der Waals surface area contributed by atoms with Crippen LogP contribution in [0.25, 0.3) is 58.9 Å². The van der Waals surface area contributed by atoms with Crippen LogP contribution in [0.15, 0.2) is 104 Å². The zero-order valence-electron chi connectivity index (χ0n) is 17.1. The summed E-state index contributed by atoms with van der Waals surface area (Å²) < 4.78 is 4.98. The maximum absolute atomic E-state index is 4.78. The van der Waals surface area contributed by atoms with Crippen molar-refractivity contribution in [2.24, 2.45) is 0 Å². The van der Waals surface area contributed by atoms with Crippen LogP contribution >= 0.6 is 11.3 Å². The average Bonchev–Trinajstić information content (AvgIpc) is 3.40. The molecule has 0 spiro atoms.